The molecule has 1 aliphatic heterocycles. The van der Waals surface area contributed by atoms with Crippen LogP contribution in [0.5, 0.6) is 17.2 Å². The predicted molar refractivity (Wildman–Crippen MR) is 211 cm³/mol. The van der Waals surface area contributed by atoms with Gasteiger partial charge in [-0.15, -0.1) is 0 Å². The minimum Gasteiger partial charge on any atom is -0.492 e. The zero-order chi connectivity index (χ0) is 37.1. The molecule has 3 fully saturated rings. The topological polar surface area (TPSA) is 99.9 Å². The summed E-state index contributed by atoms with van der Waals surface area (Å²) < 4.78 is 19.3. The first kappa shape index (κ1) is 37.1. The van der Waals surface area contributed by atoms with E-state index in [0.29, 0.717) is 57.5 Å². The third-order valence-corrected chi connectivity index (χ3v) is 12.4. The number of nitrogens with zero attached hydrogens (tertiary/aromatic N) is 3. The van der Waals surface area contributed by atoms with Gasteiger partial charge in [0.15, 0.2) is 0 Å². The molecular formula is C44H48Cl2N4O4. The van der Waals surface area contributed by atoms with E-state index in [1.165, 1.54) is 37.7 Å². The number of aliphatic hydroxyl groups excluding tert-OH is 1. The van der Waals surface area contributed by atoms with Crippen LogP contribution in [0.15, 0.2) is 67.0 Å². The molecule has 8 rings (SSSR count). The Morgan fingerprint density at radius 1 is 0.926 bits per heavy atom. The highest BCUT2D eigenvalue weighted by Crippen LogP contribution is 2.48. The number of nitriles is 1. The number of aromatic nitrogens is 1. The molecule has 1 saturated heterocycles. The van der Waals surface area contributed by atoms with E-state index in [0.717, 1.165) is 79.6 Å². The van der Waals surface area contributed by atoms with Gasteiger partial charge in [-0.3, -0.25) is 4.98 Å². The Labute approximate surface area is 328 Å². The van der Waals surface area contributed by atoms with Crippen LogP contribution >= 0.6 is 23.2 Å². The molecule has 2 N–H and O–H groups in total. The standard InChI is InChI=1S/C44H48Cl2N4O4/c45-38-18-31(25-49-32-7-2-1-3-8-32)41(53-26-30-17-29(22-47)23-48-24-30)19-42(38)54-39-14-13-35-34(9-4-10-36(35)39)37-11-5-12-40(43(37)46)52-16-6-15-50-27-44(28-50)20-33(51)21-44/h4-5,9-12,17-19,23-24,32-33,39,49,51H,1-3,6-8,13-16,20-21,25-28H2/t39-/m0/s1. The largest absolute Gasteiger partial charge is 0.492 e. The molecule has 8 nitrogen and oxygen atoms in total. The molecule has 3 aromatic carbocycles. The molecule has 282 valence electrons. The Morgan fingerprint density at radius 3 is 2.56 bits per heavy atom. The summed E-state index contributed by atoms with van der Waals surface area (Å²) in [6.45, 7) is 4.68. The van der Waals surface area contributed by atoms with Gasteiger partial charge in [0.1, 0.15) is 36.0 Å². The second-order valence-electron chi connectivity index (χ2n) is 15.7. The summed E-state index contributed by atoms with van der Waals surface area (Å²) in [4.78, 5) is 6.66. The summed E-state index contributed by atoms with van der Waals surface area (Å²) in [5.74, 6) is 1.97. The Kier molecular flexibility index (Phi) is 11.3. The van der Waals surface area contributed by atoms with Crippen molar-refractivity contribution in [2.24, 2.45) is 5.41 Å². The van der Waals surface area contributed by atoms with Crippen molar-refractivity contribution in [1.29, 1.82) is 5.26 Å². The molecule has 1 atom stereocenters. The molecular weight excluding hydrogens is 719 g/mol. The number of benzene rings is 3. The van der Waals surface area contributed by atoms with Gasteiger partial charge in [0.25, 0.3) is 0 Å². The fraction of sp³-hybridized carbons (Fsp3) is 0.455. The van der Waals surface area contributed by atoms with Crippen molar-refractivity contribution in [3.8, 4) is 34.4 Å². The van der Waals surface area contributed by atoms with Crippen molar-refractivity contribution < 1.29 is 19.3 Å². The Morgan fingerprint density at radius 2 is 1.74 bits per heavy atom. The fourth-order valence-corrected chi connectivity index (χ4v) is 9.51. The van der Waals surface area contributed by atoms with Gasteiger partial charge >= 0.3 is 0 Å². The maximum absolute atomic E-state index is 9.69. The molecule has 0 unspecified atom stereocenters. The van der Waals surface area contributed by atoms with Gasteiger partial charge in [0.2, 0.25) is 0 Å². The van der Waals surface area contributed by atoms with E-state index in [2.05, 4.69) is 45.5 Å². The maximum atomic E-state index is 9.69. The van der Waals surface area contributed by atoms with Crippen LogP contribution in [0.3, 0.4) is 0 Å². The summed E-state index contributed by atoms with van der Waals surface area (Å²) in [6, 6.07) is 20.7. The van der Waals surface area contributed by atoms with E-state index in [-0.39, 0.29) is 18.8 Å². The molecule has 10 heteroatoms. The minimum absolute atomic E-state index is 0.0954. The van der Waals surface area contributed by atoms with Crippen LogP contribution in [-0.4, -0.2) is 53.4 Å². The van der Waals surface area contributed by atoms with Crippen LogP contribution in [0.25, 0.3) is 11.1 Å². The van der Waals surface area contributed by atoms with Gasteiger partial charge < -0.3 is 29.5 Å². The van der Waals surface area contributed by atoms with Crippen LogP contribution in [0, 0.1) is 16.7 Å². The van der Waals surface area contributed by atoms with E-state index in [4.69, 9.17) is 37.4 Å². The molecule has 2 heterocycles. The molecule has 3 aliphatic carbocycles. The maximum Gasteiger partial charge on any atom is 0.142 e. The average Bonchev–Trinajstić information content (AvgIpc) is 3.58. The van der Waals surface area contributed by atoms with E-state index < -0.39 is 0 Å². The van der Waals surface area contributed by atoms with Crippen molar-refractivity contribution in [3.63, 3.8) is 0 Å². The van der Waals surface area contributed by atoms with E-state index in [9.17, 15) is 10.4 Å². The Bertz CT molecular complexity index is 2000. The summed E-state index contributed by atoms with van der Waals surface area (Å²) in [7, 11) is 0. The first-order valence-corrected chi connectivity index (χ1v) is 20.3. The molecule has 1 spiro atoms. The van der Waals surface area contributed by atoms with E-state index in [1.807, 2.05) is 24.3 Å². The van der Waals surface area contributed by atoms with Crippen LogP contribution in [0.1, 0.15) is 91.7 Å². The molecule has 0 bridgehead atoms. The highest BCUT2D eigenvalue weighted by atomic mass is 35.5. The third-order valence-electron chi connectivity index (χ3n) is 11.7. The summed E-state index contributed by atoms with van der Waals surface area (Å²) >= 11 is 14.0. The smallest absolute Gasteiger partial charge is 0.142 e. The number of fused-ring (bicyclic) bond motifs is 1. The van der Waals surface area contributed by atoms with Crippen LogP contribution in [-0.2, 0) is 19.6 Å². The minimum atomic E-state index is -0.185. The second kappa shape index (κ2) is 16.5. The number of ether oxygens (including phenoxy) is 3. The zero-order valence-electron chi connectivity index (χ0n) is 30.7. The highest BCUT2D eigenvalue weighted by Gasteiger charge is 2.51. The molecule has 1 aromatic heterocycles. The summed E-state index contributed by atoms with van der Waals surface area (Å²) in [5.41, 5.74) is 7.06. The SMILES string of the molecule is N#Cc1cncc(COc2cc(O[C@H]3CCc4c(-c5cccc(OCCCN6CC7(CC(O)C7)C6)c5Cl)cccc43)c(Cl)cc2CNC2CCCCC2)c1. The zero-order valence-corrected chi connectivity index (χ0v) is 32.2. The summed E-state index contributed by atoms with van der Waals surface area (Å²) in [5, 5.41) is 23.9. The van der Waals surface area contributed by atoms with Crippen LogP contribution in [0.4, 0.5) is 0 Å². The number of rotatable bonds is 14. The molecule has 2 saturated carbocycles. The lowest BCUT2D eigenvalue weighted by Crippen LogP contribution is -2.63. The Balaban J connectivity index is 0.955. The number of halogens is 2. The number of hydrogen-bond acceptors (Lipinski definition) is 8. The second-order valence-corrected chi connectivity index (χ2v) is 16.5. The molecule has 0 amide bonds. The van der Waals surface area contributed by atoms with Crippen molar-refractivity contribution in [2.75, 3.05) is 26.2 Å². The lowest BCUT2D eigenvalue weighted by atomic mass is 9.62. The lowest BCUT2D eigenvalue weighted by molar-refractivity contribution is -0.128. The molecule has 4 aromatic rings. The monoisotopic (exact) mass is 766 g/mol. The molecule has 54 heavy (non-hydrogen) atoms. The average molecular weight is 768 g/mol. The molecule has 4 aliphatic rings. The fourth-order valence-electron chi connectivity index (χ4n) is 8.99. The van der Waals surface area contributed by atoms with E-state index in [1.54, 1.807) is 18.5 Å². The van der Waals surface area contributed by atoms with E-state index >= 15 is 0 Å². The van der Waals surface area contributed by atoms with Crippen molar-refractivity contribution in [2.45, 2.75) is 95.6 Å². The number of likely N-dealkylation sites (tertiary alicyclic amines) is 1. The third kappa shape index (κ3) is 8.22. The first-order chi connectivity index (χ1) is 26.4. The number of aliphatic hydroxyl groups is 1. The number of nitrogens with one attached hydrogen (secondary N) is 1. The van der Waals surface area contributed by atoms with Gasteiger partial charge in [-0.2, -0.15) is 5.26 Å². The van der Waals surface area contributed by atoms with Gasteiger partial charge in [0.05, 0.1) is 28.3 Å². The Hall–Kier alpha value is -3.84. The quantitative estimate of drug-likeness (QED) is 0.123. The lowest BCUT2D eigenvalue weighted by Gasteiger charge is -2.58. The van der Waals surface area contributed by atoms with Crippen molar-refractivity contribution >= 4 is 23.2 Å². The number of hydrogen-bond donors (Lipinski definition) is 2. The first-order valence-electron chi connectivity index (χ1n) is 19.5. The van der Waals surface area contributed by atoms with Crippen molar-refractivity contribution in [3.05, 3.63) is 105 Å². The van der Waals surface area contributed by atoms with Gasteiger partial charge in [0, 0.05) is 72.8 Å². The predicted octanol–water partition coefficient (Wildman–Crippen LogP) is 9.22. The van der Waals surface area contributed by atoms with Crippen LogP contribution in [0.2, 0.25) is 10.0 Å². The van der Waals surface area contributed by atoms with Gasteiger partial charge in [-0.05, 0) is 79.8 Å². The van der Waals surface area contributed by atoms with Gasteiger partial charge in [-0.1, -0.05) is 72.8 Å². The van der Waals surface area contributed by atoms with Crippen molar-refractivity contribution in [1.82, 2.24) is 15.2 Å². The van der Waals surface area contributed by atoms with Crippen LogP contribution < -0.4 is 19.5 Å². The van der Waals surface area contributed by atoms with Gasteiger partial charge in [-0.25, -0.2) is 0 Å². The normalized spacial score (nSPS) is 19.5. The summed E-state index contributed by atoms with van der Waals surface area (Å²) in [6.07, 6.45) is 13.6. The number of pyridine rings is 1. The highest BCUT2D eigenvalue weighted by molar-refractivity contribution is 6.35. The molecule has 0 radical (unpaired) electrons.